The van der Waals surface area contributed by atoms with E-state index in [1.54, 1.807) is 6.08 Å². The summed E-state index contributed by atoms with van der Waals surface area (Å²) in [7, 11) is 1.44. The molecule has 1 aliphatic rings. The molecule has 0 aromatic carbocycles. The molecule has 1 unspecified atom stereocenters. The zero-order valence-corrected chi connectivity index (χ0v) is 6.37. The van der Waals surface area contributed by atoms with Gasteiger partial charge in [-0.3, -0.25) is 4.79 Å². The van der Waals surface area contributed by atoms with Gasteiger partial charge in [0.25, 0.3) is 0 Å². The van der Waals surface area contributed by atoms with E-state index >= 15 is 0 Å². The molecule has 0 spiro atoms. The number of ether oxygens (including phenoxy) is 1. The molecule has 0 heterocycles. The molecule has 1 aliphatic carbocycles. The number of allylic oxidation sites excluding steroid dienone is 2. The van der Waals surface area contributed by atoms with Crippen molar-refractivity contribution < 1.29 is 14.3 Å². The van der Waals surface area contributed by atoms with Crippen molar-refractivity contribution in [2.24, 2.45) is 5.92 Å². The Bertz CT molecular complexity index is 205. The molecule has 0 saturated heterocycles. The summed E-state index contributed by atoms with van der Waals surface area (Å²) in [5, 5.41) is 0. The summed E-state index contributed by atoms with van der Waals surface area (Å²) in [4.78, 5) is 21.3. The van der Waals surface area contributed by atoms with E-state index in [0.717, 1.165) is 6.29 Å². The van der Waals surface area contributed by atoms with Crippen molar-refractivity contribution in [1.29, 1.82) is 0 Å². The van der Waals surface area contributed by atoms with Crippen LogP contribution in [0.5, 0.6) is 0 Å². The van der Waals surface area contributed by atoms with Gasteiger partial charge in [0.15, 0.2) is 11.5 Å². The average Bonchev–Trinajstić information content (AvgIpc) is 2.05. The van der Waals surface area contributed by atoms with E-state index in [9.17, 15) is 9.59 Å². The third kappa shape index (κ3) is 1.67. The van der Waals surface area contributed by atoms with E-state index < -0.39 is 0 Å². The summed E-state index contributed by atoms with van der Waals surface area (Å²) in [6, 6.07) is 0. The van der Waals surface area contributed by atoms with Crippen LogP contribution in [0, 0.1) is 5.92 Å². The highest BCUT2D eigenvalue weighted by atomic mass is 16.5. The third-order valence-corrected chi connectivity index (χ3v) is 1.74. The Morgan fingerprint density at radius 3 is 3.00 bits per heavy atom. The Labute approximate surface area is 65.0 Å². The second-order valence-electron chi connectivity index (χ2n) is 2.50. The molecule has 0 N–H and O–H groups in total. The SMILES string of the molecule is COC1=CC(C=O)CCC1=O. The highest BCUT2D eigenvalue weighted by Gasteiger charge is 2.20. The van der Waals surface area contributed by atoms with Crippen molar-refractivity contribution in [3.8, 4) is 0 Å². The minimum Gasteiger partial charge on any atom is -0.493 e. The lowest BCUT2D eigenvalue weighted by molar-refractivity contribution is -0.119. The van der Waals surface area contributed by atoms with E-state index in [4.69, 9.17) is 4.74 Å². The molecule has 0 fully saturated rings. The first-order valence-electron chi connectivity index (χ1n) is 3.52. The lowest BCUT2D eigenvalue weighted by Crippen LogP contribution is -2.15. The fourth-order valence-corrected chi connectivity index (χ4v) is 1.08. The number of carbonyl (C=O) groups is 2. The van der Waals surface area contributed by atoms with Gasteiger partial charge in [-0.25, -0.2) is 0 Å². The van der Waals surface area contributed by atoms with E-state index in [0.29, 0.717) is 18.6 Å². The normalized spacial score (nSPS) is 24.3. The first kappa shape index (κ1) is 7.98. The largest absolute Gasteiger partial charge is 0.493 e. The van der Waals surface area contributed by atoms with Gasteiger partial charge >= 0.3 is 0 Å². The Kier molecular flexibility index (Phi) is 2.41. The van der Waals surface area contributed by atoms with E-state index in [2.05, 4.69) is 0 Å². The van der Waals surface area contributed by atoms with Gasteiger partial charge in [0, 0.05) is 12.3 Å². The van der Waals surface area contributed by atoms with Gasteiger partial charge in [-0.15, -0.1) is 0 Å². The number of aldehydes is 1. The maximum Gasteiger partial charge on any atom is 0.197 e. The minimum atomic E-state index is -0.136. The molecule has 0 amide bonds. The second-order valence-corrected chi connectivity index (χ2v) is 2.50. The molecule has 0 aliphatic heterocycles. The number of Topliss-reactive ketones (excluding diaryl/α,β-unsaturated/α-hetero) is 1. The van der Waals surface area contributed by atoms with Crippen LogP contribution in [0.2, 0.25) is 0 Å². The number of carbonyl (C=O) groups excluding carboxylic acids is 2. The van der Waals surface area contributed by atoms with Gasteiger partial charge in [-0.1, -0.05) is 0 Å². The molecular formula is C8H10O3. The Balaban J connectivity index is 2.76. The van der Waals surface area contributed by atoms with Crippen LogP contribution < -0.4 is 0 Å². The van der Waals surface area contributed by atoms with Crippen LogP contribution in [0.1, 0.15) is 12.8 Å². The van der Waals surface area contributed by atoms with E-state index in [1.165, 1.54) is 7.11 Å². The Hall–Kier alpha value is -1.12. The van der Waals surface area contributed by atoms with Crippen molar-refractivity contribution in [1.82, 2.24) is 0 Å². The molecule has 0 radical (unpaired) electrons. The molecule has 0 aromatic rings. The summed E-state index contributed by atoms with van der Waals surface area (Å²) in [5.74, 6) is 0.182. The molecule has 3 nitrogen and oxygen atoms in total. The fourth-order valence-electron chi connectivity index (χ4n) is 1.08. The maximum atomic E-state index is 11.0. The highest BCUT2D eigenvalue weighted by Crippen LogP contribution is 2.18. The molecule has 0 bridgehead atoms. The number of methoxy groups -OCH3 is 1. The van der Waals surface area contributed by atoms with Crippen molar-refractivity contribution in [3.63, 3.8) is 0 Å². The minimum absolute atomic E-state index is 0.00870. The zero-order valence-electron chi connectivity index (χ0n) is 6.37. The third-order valence-electron chi connectivity index (χ3n) is 1.74. The van der Waals surface area contributed by atoms with Crippen LogP contribution in [0.25, 0.3) is 0 Å². The first-order valence-corrected chi connectivity index (χ1v) is 3.52. The number of ketones is 1. The predicted octanol–water partition coefficient (Wildman–Crippen LogP) is 0.695. The maximum absolute atomic E-state index is 11.0. The Morgan fingerprint density at radius 1 is 1.73 bits per heavy atom. The lowest BCUT2D eigenvalue weighted by atomic mass is 9.95. The number of hydrogen-bond acceptors (Lipinski definition) is 3. The quantitative estimate of drug-likeness (QED) is 0.550. The van der Waals surface area contributed by atoms with Crippen LogP contribution >= 0.6 is 0 Å². The summed E-state index contributed by atoms with van der Waals surface area (Å²) in [5.41, 5.74) is 0. The van der Waals surface area contributed by atoms with Gasteiger partial charge in [0.1, 0.15) is 6.29 Å². The first-order chi connectivity index (χ1) is 5.27. The van der Waals surface area contributed by atoms with Gasteiger partial charge in [-0.05, 0) is 12.5 Å². The van der Waals surface area contributed by atoms with Crippen molar-refractivity contribution >= 4 is 12.1 Å². The molecule has 0 saturated carbocycles. The highest BCUT2D eigenvalue weighted by molar-refractivity contribution is 5.95. The summed E-state index contributed by atoms with van der Waals surface area (Å²) >= 11 is 0. The lowest BCUT2D eigenvalue weighted by Gasteiger charge is -2.13. The Morgan fingerprint density at radius 2 is 2.45 bits per heavy atom. The van der Waals surface area contributed by atoms with Crippen molar-refractivity contribution in [3.05, 3.63) is 11.8 Å². The average molecular weight is 154 g/mol. The summed E-state index contributed by atoms with van der Waals surface area (Å²) in [6.07, 6.45) is 3.46. The fraction of sp³-hybridized carbons (Fsp3) is 0.500. The van der Waals surface area contributed by atoms with E-state index in [1.807, 2.05) is 0 Å². The molecule has 11 heavy (non-hydrogen) atoms. The zero-order chi connectivity index (χ0) is 8.27. The summed E-state index contributed by atoms with van der Waals surface area (Å²) < 4.78 is 4.79. The van der Waals surface area contributed by atoms with Crippen LogP contribution in [0.4, 0.5) is 0 Å². The molecule has 3 heteroatoms. The number of rotatable bonds is 2. The molecule has 1 atom stereocenters. The standard InChI is InChI=1S/C8H10O3/c1-11-8-4-6(5-9)2-3-7(8)10/h4-6H,2-3H2,1H3. The predicted molar refractivity (Wildman–Crippen MR) is 38.9 cm³/mol. The summed E-state index contributed by atoms with van der Waals surface area (Å²) in [6.45, 7) is 0. The van der Waals surface area contributed by atoms with Crippen LogP contribution in [-0.4, -0.2) is 19.2 Å². The van der Waals surface area contributed by atoms with Crippen LogP contribution in [0.3, 0.4) is 0 Å². The molecule has 1 rings (SSSR count). The van der Waals surface area contributed by atoms with Gasteiger partial charge in [0.05, 0.1) is 7.11 Å². The molecule has 60 valence electrons. The topological polar surface area (TPSA) is 43.4 Å². The van der Waals surface area contributed by atoms with Gasteiger partial charge < -0.3 is 9.53 Å². The van der Waals surface area contributed by atoms with E-state index in [-0.39, 0.29) is 11.7 Å². The van der Waals surface area contributed by atoms with Gasteiger partial charge in [-0.2, -0.15) is 0 Å². The van der Waals surface area contributed by atoms with Crippen LogP contribution in [-0.2, 0) is 14.3 Å². The second kappa shape index (κ2) is 3.32. The van der Waals surface area contributed by atoms with Crippen molar-refractivity contribution in [2.75, 3.05) is 7.11 Å². The smallest absolute Gasteiger partial charge is 0.197 e. The van der Waals surface area contributed by atoms with Crippen LogP contribution in [0.15, 0.2) is 11.8 Å². The molecule has 0 aromatic heterocycles. The van der Waals surface area contributed by atoms with Crippen molar-refractivity contribution in [2.45, 2.75) is 12.8 Å². The van der Waals surface area contributed by atoms with Gasteiger partial charge in [0.2, 0.25) is 0 Å². The monoisotopic (exact) mass is 154 g/mol. The number of hydrogen-bond donors (Lipinski definition) is 0. The molecular weight excluding hydrogens is 144 g/mol.